The Balaban J connectivity index is 2.23. The highest BCUT2D eigenvalue weighted by Crippen LogP contribution is 2.26. The maximum absolute atomic E-state index is 12.3. The van der Waals surface area contributed by atoms with Gasteiger partial charge in [-0.05, 0) is 37.0 Å². The van der Waals surface area contributed by atoms with E-state index < -0.39 is 0 Å². The van der Waals surface area contributed by atoms with Gasteiger partial charge in [0.15, 0.2) is 0 Å². The van der Waals surface area contributed by atoms with Crippen molar-refractivity contribution in [2.24, 2.45) is 0 Å². The molecule has 0 aliphatic heterocycles. The Morgan fingerprint density at radius 1 is 1.18 bits per heavy atom. The smallest absolute Gasteiger partial charge is 0.258 e. The molecule has 0 saturated carbocycles. The van der Waals surface area contributed by atoms with Gasteiger partial charge in [-0.2, -0.15) is 5.26 Å². The van der Waals surface area contributed by atoms with Crippen LogP contribution in [0.4, 0.5) is 5.88 Å². The lowest BCUT2D eigenvalue weighted by Crippen LogP contribution is -2.14. The van der Waals surface area contributed by atoms with Gasteiger partial charge in [0.2, 0.25) is 5.88 Å². The fourth-order valence-corrected chi connectivity index (χ4v) is 2.15. The van der Waals surface area contributed by atoms with E-state index in [1.165, 1.54) is 0 Å². The summed E-state index contributed by atoms with van der Waals surface area (Å²) in [5.74, 6) is 0.558. The van der Waals surface area contributed by atoms with Crippen molar-refractivity contribution in [3.8, 4) is 6.07 Å². The molecule has 0 saturated heterocycles. The van der Waals surface area contributed by atoms with Crippen LogP contribution in [0.2, 0.25) is 0 Å². The molecule has 1 amide bonds. The van der Waals surface area contributed by atoms with Crippen molar-refractivity contribution < 1.29 is 9.21 Å². The molecule has 0 fully saturated rings. The Labute approximate surface area is 130 Å². The molecule has 0 aliphatic carbocycles. The van der Waals surface area contributed by atoms with Crippen LogP contribution in [-0.4, -0.2) is 5.91 Å². The first-order chi connectivity index (χ1) is 10.2. The summed E-state index contributed by atoms with van der Waals surface area (Å²) in [7, 11) is 0. The van der Waals surface area contributed by atoms with Gasteiger partial charge in [-0.3, -0.25) is 10.1 Å². The van der Waals surface area contributed by atoms with E-state index in [0.29, 0.717) is 16.9 Å². The zero-order valence-corrected chi connectivity index (χ0v) is 13.6. The Morgan fingerprint density at radius 3 is 2.27 bits per heavy atom. The average molecular weight is 296 g/mol. The molecule has 1 aromatic carbocycles. The van der Waals surface area contributed by atoms with Gasteiger partial charge in [0.25, 0.3) is 5.91 Å². The van der Waals surface area contributed by atoms with Crippen molar-refractivity contribution in [3.63, 3.8) is 0 Å². The molecule has 0 aliphatic rings. The van der Waals surface area contributed by atoms with E-state index >= 15 is 0 Å². The molecule has 0 unspecified atom stereocenters. The lowest BCUT2D eigenvalue weighted by atomic mass is 9.87. The van der Waals surface area contributed by atoms with Crippen LogP contribution in [0.5, 0.6) is 0 Å². The normalized spacial score (nSPS) is 11.1. The number of carbonyl (C=O) groups excluding carboxylic acids is 1. The zero-order valence-electron chi connectivity index (χ0n) is 13.6. The first-order valence-electron chi connectivity index (χ1n) is 7.16. The number of nitrogens with zero attached hydrogens (tertiary/aromatic N) is 1. The Morgan fingerprint density at radius 2 is 1.77 bits per heavy atom. The molecule has 4 nitrogen and oxygen atoms in total. The molecule has 1 N–H and O–H groups in total. The highest BCUT2D eigenvalue weighted by atomic mass is 16.4. The molecule has 0 atom stereocenters. The summed E-state index contributed by atoms with van der Waals surface area (Å²) in [6.07, 6.45) is 0. The van der Waals surface area contributed by atoms with E-state index in [9.17, 15) is 4.79 Å². The predicted molar refractivity (Wildman–Crippen MR) is 86.0 cm³/mol. The van der Waals surface area contributed by atoms with Crippen LogP contribution in [-0.2, 0) is 5.41 Å². The number of hydrogen-bond acceptors (Lipinski definition) is 3. The third-order valence-electron chi connectivity index (χ3n) is 3.74. The number of benzene rings is 1. The van der Waals surface area contributed by atoms with Crippen LogP contribution < -0.4 is 5.32 Å². The number of hydrogen-bond donors (Lipinski definition) is 1. The summed E-state index contributed by atoms with van der Waals surface area (Å²) in [6.45, 7) is 9.93. The fraction of sp³-hybridized carbons (Fsp3) is 0.333. The Hall–Kier alpha value is -2.54. The predicted octanol–water partition coefficient (Wildman–Crippen LogP) is 4.32. The van der Waals surface area contributed by atoms with Crippen LogP contribution >= 0.6 is 0 Å². The van der Waals surface area contributed by atoms with Crippen molar-refractivity contribution in [2.45, 2.75) is 40.0 Å². The summed E-state index contributed by atoms with van der Waals surface area (Å²) in [6, 6.07) is 9.51. The molecule has 0 radical (unpaired) electrons. The Bertz CT molecular complexity index is 741. The van der Waals surface area contributed by atoms with Gasteiger partial charge in [-0.1, -0.05) is 32.9 Å². The van der Waals surface area contributed by atoms with Gasteiger partial charge in [0.05, 0.1) is 0 Å². The summed E-state index contributed by atoms with van der Waals surface area (Å²) in [5, 5.41) is 11.8. The molecular weight excluding hydrogens is 276 g/mol. The summed E-state index contributed by atoms with van der Waals surface area (Å²) in [4.78, 5) is 12.3. The quantitative estimate of drug-likeness (QED) is 0.897. The lowest BCUT2D eigenvalue weighted by molar-refractivity contribution is 0.102. The standard InChI is InChI=1S/C18H20N2O2/c1-11-12(2)22-17(15(11)10-19)20-16(21)13-6-8-14(9-7-13)18(3,4)5/h6-9H,1-5H3,(H,20,21). The number of amides is 1. The third kappa shape index (κ3) is 3.04. The molecule has 114 valence electrons. The monoisotopic (exact) mass is 296 g/mol. The topological polar surface area (TPSA) is 66.0 Å². The minimum atomic E-state index is -0.286. The minimum absolute atomic E-state index is 0.0399. The number of nitriles is 1. The molecule has 4 heteroatoms. The number of rotatable bonds is 2. The number of nitrogens with one attached hydrogen (secondary N) is 1. The maximum atomic E-state index is 12.3. The first kappa shape index (κ1) is 15.8. The van der Waals surface area contributed by atoms with Gasteiger partial charge in [-0.25, -0.2) is 0 Å². The number of anilines is 1. The van der Waals surface area contributed by atoms with Crippen molar-refractivity contribution in [1.29, 1.82) is 5.26 Å². The molecule has 1 aromatic heterocycles. The zero-order chi connectivity index (χ0) is 16.5. The number of furan rings is 1. The Kier molecular flexibility index (Phi) is 4.09. The summed E-state index contributed by atoms with van der Waals surface area (Å²) in [5.41, 5.74) is 2.85. The van der Waals surface area contributed by atoms with Crippen LogP contribution in [0.25, 0.3) is 0 Å². The van der Waals surface area contributed by atoms with Gasteiger partial charge < -0.3 is 4.42 Å². The average Bonchev–Trinajstić information content (AvgIpc) is 2.72. The van der Waals surface area contributed by atoms with Crippen LogP contribution in [0.15, 0.2) is 28.7 Å². The second kappa shape index (κ2) is 5.69. The largest absolute Gasteiger partial charge is 0.444 e. The van der Waals surface area contributed by atoms with Crippen molar-refractivity contribution >= 4 is 11.8 Å². The van der Waals surface area contributed by atoms with Crippen molar-refractivity contribution in [1.82, 2.24) is 0 Å². The van der Waals surface area contributed by atoms with E-state index in [-0.39, 0.29) is 17.2 Å². The highest BCUT2D eigenvalue weighted by molar-refractivity contribution is 6.04. The van der Waals surface area contributed by atoms with Crippen molar-refractivity contribution in [3.05, 3.63) is 52.3 Å². The van der Waals surface area contributed by atoms with E-state index in [1.807, 2.05) is 12.1 Å². The van der Waals surface area contributed by atoms with Gasteiger partial charge in [0.1, 0.15) is 17.4 Å². The molecule has 22 heavy (non-hydrogen) atoms. The van der Waals surface area contributed by atoms with Crippen molar-refractivity contribution in [2.75, 3.05) is 5.32 Å². The van der Waals surface area contributed by atoms with E-state index in [2.05, 4.69) is 32.2 Å². The van der Waals surface area contributed by atoms with Gasteiger partial charge >= 0.3 is 0 Å². The minimum Gasteiger partial charge on any atom is -0.444 e. The third-order valence-corrected chi connectivity index (χ3v) is 3.74. The highest BCUT2D eigenvalue weighted by Gasteiger charge is 2.18. The van der Waals surface area contributed by atoms with E-state index in [4.69, 9.17) is 9.68 Å². The van der Waals surface area contributed by atoms with E-state index in [1.54, 1.807) is 26.0 Å². The van der Waals surface area contributed by atoms with Crippen LogP contribution in [0, 0.1) is 25.2 Å². The number of aryl methyl sites for hydroxylation is 1. The van der Waals surface area contributed by atoms with Gasteiger partial charge in [0, 0.05) is 11.1 Å². The molecule has 1 heterocycles. The molecule has 0 spiro atoms. The molecular formula is C18H20N2O2. The van der Waals surface area contributed by atoms with Crippen LogP contribution in [0.1, 0.15) is 53.6 Å². The first-order valence-corrected chi connectivity index (χ1v) is 7.16. The van der Waals surface area contributed by atoms with Gasteiger partial charge in [-0.15, -0.1) is 0 Å². The van der Waals surface area contributed by atoms with Crippen LogP contribution in [0.3, 0.4) is 0 Å². The maximum Gasteiger partial charge on any atom is 0.258 e. The molecule has 2 aromatic rings. The second-order valence-corrected chi connectivity index (χ2v) is 6.38. The van der Waals surface area contributed by atoms with E-state index in [0.717, 1.165) is 11.1 Å². The molecule has 2 rings (SSSR count). The lowest BCUT2D eigenvalue weighted by Gasteiger charge is -2.18. The summed E-state index contributed by atoms with van der Waals surface area (Å²) < 4.78 is 5.45. The summed E-state index contributed by atoms with van der Waals surface area (Å²) >= 11 is 0. The fourth-order valence-electron chi connectivity index (χ4n) is 2.15. The molecule has 0 bridgehead atoms. The SMILES string of the molecule is Cc1oc(NC(=O)c2ccc(C(C)(C)C)cc2)c(C#N)c1C. The number of carbonyl (C=O) groups is 1. The second-order valence-electron chi connectivity index (χ2n) is 6.38.